The van der Waals surface area contributed by atoms with E-state index in [0.29, 0.717) is 6.42 Å². The predicted molar refractivity (Wildman–Crippen MR) is 90.3 cm³/mol. The van der Waals surface area contributed by atoms with Crippen LogP contribution in [-0.2, 0) is 4.79 Å². The second kappa shape index (κ2) is 10.4. The minimum absolute atomic E-state index is 0.00928. The summed E-state index contributed by atoms with van der Waals surface area (Å²) in [6, 6.07) is 7.77. The zero-order valence-corrected chi connectivity index (χ0v) is 13.5. The molecule has 0 fully saturated rings. The van der Waals surface area contributed by atoms with Crippen LogP contribution in [0.15, 0.2) is 24.3 Å². The third-order valence-electron chi connectivity index (χ3n) is 3.70. The van der Waals surface area contributed by atoms with Crippen molar-refractivity contribution in [3.63, 3.8) is 0 Å². The molecule has 0 saturated carbocycles. The summed E-state index contributed by atoms with van der Waals surface area (Å²) in [6.07, 6.45) is 9.21. The fourth-order valence-corrected chi connectivity index (χ4v) is 2.37. The van der Waals surface area contributed by atoms with Crippen LogP contribution in [0.2, 0.25) is 0 Å². The van der Waals surface area contributed by atoms with Gasteiger partial charge in [-0.05, 0) is 31.0 Å². The lowest BCUT2D eigenvalue weighted by Crippen LogP contribution is -2.12. The summed E-state index contributed by atoms with van der Waals surface area (Å²) in [4.78, 5) is 11.9. The second-order valence-corrected chi connectivity index (χ2v) is 5.83. The first kappa shape index (κ1) is 17.7. The number of rotatable bonds is 10. The summed E-state index contributed by atoms with van der Waals surface area (Å²) in [5.41, 5.74) is 7.74. The molecule has 0 saturated heterocycles. The fourth-order valence-electron chi connectivity index (χ4n) is 2.37. The summed E-state index contributed by atoms with van der Waals surface area (Å²) < 4.78 is 0. The number of carbonyl (C=O) groups is 1. The van der Waals surface area contributed by atoms with Gasteiger partial charge in [0.1, 0.15) is 0 Å². The molecule has 118 valence electrons. The lowest BCUT2D eigenvalue weighted by molar-refractivity contribution is -0.116. The van der Waals surface area contributed by atoms with Gasteiger partial charge >= 0.3 is 0 Å². The van der Waals surface area contributed by atoms with Gasteiger partial charge in [0, 0.05) is 18.2 Å². The highest BCUT2D eigenvalue weighted by Crippen LogP contribution is 2.16. The van der Waals surface area contributed by atoms with Crippen molar-refractivity contribution < 1.29 is 4.79 Å². The zero-order valence-electron chi connectivity index (χ0n) is 13.5. The summed E-state index contributed by atoms with van der Waals surface area (Å²) in [5.74, 6) is 0.102. The highest BCUT2D eigenvalue weighted by atomic mass is 16.1. The average molecular weight is 290 g/mol. The minimum Gasteiger partial charge on any atom is -0.326 e. The van der Waals surface area contributed by atoms with E-state index in [9.17, 15) is 4.79 Å². The van der Waals surface area contributed by atoms with E-state index in [1.807, 2.05) is 31.2 Å². The molecule has 1 aromatic carbocycles. The fraction of sp³-hybridized carbons (Fsp3) is 0.611. The van der Waals surface area contributed by atoms with Gasteiger partial charge in [0.25, 0.3) is 0 Å². The molecule has 3 heteroatoms. The second-order valence-electron chi connectivity index (χ2n) is 5.83. The molecule has 1 atom stereocenters. The van der Waals surface area contributed by atoms with E-state index in [0.717, 1.165) is 24.1 Å². The van der Waals surface area contributed by atoms with E-state index >= 15 is 0 Å². The molecule has 0 aliphatic heterocycles. The summed E-state index contributed by atoms with van der Waals surface area (Å²) in [5, 5.41) is 2.95. The van der Waals surface area contributed by atoms with Gasteiger partial charge in [-0.25, -0.2) is 0 Å². The normalized spacial score (nSPS) is 12.1. The van der Waals surface area contributed by atoms with Gasteiger partial charge in [-0.1, -0.05) is 57.6 Å². The number of nitrogens with one attached hydrogen (secondary N) is 1. The van der Waals surface area contributed by atoms with Crippen LogP contribution in [0, 0.1) is 0 Å². The predicted octanol–water partition coefficient (Wildman–Crippen LogP) is 4.79. The van der Waals surface area contributed by atoms with Gasteiger partial charge in [0.05, 0.1) is 0 Å². The first-order valence-electron chi connectivity index (χ1n) is 8.29. The zero-order chi connectivity index (χ0) is 15.5. The van der Waals surface area contributed by atoms with Gasteiger partial charge in [-0.3, -0.25) is 4.79 Å². The topological polar surface area (TPSA) is 55.1 Å². The van der Waals surface area contributed by atoms with E-state index in [2.05, 4.69) is 12.2 Å². The van der Waals surface area contributed by atoms with Crippen LogP contribution in [-0.4, -0.2) is 5.91 Å². The van der Waals surface area contributed by atoms with Crippen LogP contribution in [0.1, 0.15) is 76.8 Å². The quantitative estimate of drug-likeness (QED) is 0.609. The largest absolute Gasteiger partial charge is 0.326 e. The van der Waals surface area contributed by atoms with E-state index < -0.39 is 0 Å². The SMILES string of the molecule is CCCCCCCCCC(=O)Nc1cccc(C(C)N)c1. The first-order valence-corrected chi connectivity index (χ1v) is 8.29. The molecule has 21 heavy (non-hydrogen) atoms. The monoisotopic (exact) mass is 290 g/mol. The lowest BCUT2D eigenvalue weighted by Gasteiger charge is -2.09. The van der Waals surface area contributed by atoms with Crippen molar-refractivity contribution in [3.05, 3.63) is 29.8 Å². The maximum atomic E-state index is 11.9. The van der Waals surface area contributed by atoms with Crippen LogP contribution in [0.5, 0.6) is 0 Å². The Balaban J connectivity index is 2.20. The Hall–Kier alpha value is -1.35. The Morgan fingerprint density at radius 1 is 1.14 bits per heavy atom. The number of anilines is 1. The molecule has 1 rings (SSSR count). The molecule has 0 spiro atoms. The van der Waals surface area contributed by atoms with Crippen molar-refractivity contribution in [2.45, 2.75) is 71.3 Å². The van der Waals surface area contributed by atoms with Crippen molar-refractivity contribution in [3.8, 4) is 0 Å². The molecule has 3 nitrogen and oxygen atoms in total. The maximum Gasteiger partial charge on any atom is 0.224 e. The third-order valence-corrected chi connectivity index (χ3v) is 3.70. The Morgan fingerprint density at radius 2 is 1.81 bits per heavy atom. The number of hydrogen-bond donors (Lipinski definition) is 2. The van der Waals surface area contributed by atoms with Crippen molar-refractivity contribution in [1.29, 1.82) is 0 Å². The van der Waals surface area contributed by atoms with Crippen LogP contribution in [0.4, 0.5) is 5.69 Å². The highest BCUT2D eigenvalue weighted by molar-refractivity contribution is 5.90. The van der Waals surface area contributed by atoms with Gasteiger partial charge in [0.15, 0.2) is 0 Å². The van der Waals surface area contributed by atoms with Crippen LogP contribution in [0.25, 0.3) is 0 Å². The molecule has 0 heterocycles. The number of nitrogens with two attached hydrogens (primary N) is 1. The van der Waals surface area contributed by atoms with Crippen molar-refractivity contribution in [1.82, 2.24) is 0 Å². The summed E-state index contributed by atoms with van der Waals surface area (Å²) in [7, 11) is 0. The van der Waals surface area contributed by atoms with Crippen molar-refractivity contribution in [2.75, 3.05) is 5.32 Å². The first-order chi connectivity index (χ1) is 10.1. The average Bonchev–Trinajstić information content (AvgIpc) is 2.46. The van der Waals surface area contributed by atoms with E-state index in [1.165, 1.54) is 32.1 Å². The van der Waals surface area contributed by atoms with Gasteiger partial charge in [-0.2, -0.15) is 0 Å². The van der Waals surface area contributed by atoms with Crippen molar-refractivity contribution in [2.24, 2.45) is 5.73 Å². The van der Waals surface area contributed by atoms with E-state index in [4.69, 9.17) is 5.73 Å². The van der Waals surface area contributed by atoms with Crippen molar-refractivity contribution >= 4 is 11.6 Å². The number of unbranched alkanes of at least 4 members (excludes halogenated alkanes) is 6. The van der Waals surface area contributed by atoms with E-state index in [1.54, 1.807) is 0 Å². The molecule has 1 amide bonds. The molecular formula is C18H30N2O. The number of carbonyl (C=O) groups excluding carboxylic acids is 1. The third kappa shape index (κ3) is 7.86. The molecule has 0 radical (unpaired) electrons. The summed E-state index contributed by atoms with van der Waals surface area (Å²) in [6.45, 7) is 4.17. The number of hydrogen-bond acceptors (Lipinski definition) is 2. The Labute approximate surface area is 129 Å². The van der Waals surface area contributed by atoms with Gasteiger partial charge in [-0.15, -0.1) is 0 Å². The Kier molecular flexibility index (Phi) is 8.76. The maximum absolute atomic E-state index is 11.9. The smallest absolute Gasteiger partial charge is 0.224 e. The standard InChI is InChI=1S/C18H30N2O/c1-3-4-5-6-7-8-9-13-18(21)20-17-12-10-11-16(14-17)15(2)19/h10-12,14-15H,3-9,13,19H2,1-2H3,(H,20,21). The molecule has 0 aliphatic carbocycles. The molecule has 0 aromatic heterocycles. The Bertz CT molecular complexity index is 415. The molecule has 0 aliphatic rings. The number of benzene rings is 1. The summed E-state index contributed by atoms with van der Waals surface area (Å²) >= 11 is 0. The molecule has 1 unspecified atom stereocenters. The molecule has 1 aromatic rings. The molecule has 3 N–H and O–H groups in total. The van der Waals surface area contributed by atoms with Crippen LogP contribution in [0.3, 0.4) is 0 Å². The van der Waals surface area contributed by atoms with Gasteiger partial charge < -0.3 is 11.1 Å². The molecule has 0 bridgehead atoms. The minimum atomic E-state index is -0.00928. The highest BCUT2D eigenvalue weighted by Gasteiger charge is 2.04. The Morgan fingerprint density at radius 3 is 2.48 bits per heavy atom. The molecular weight excluding hydrogens is 260 g/mol. The number of amides is 1. The van der Waals surface area contributed by atoms with Crippen LogP contribution >= 0.6 is 0 Å². The van der Waals surface area contributed by atoms with Crippen LogP contribution < -0.4 is 11.1 Å². The lowest BCUT2D eigenvalue weighted by atomic mass is 10.1. The van der Waals surface area contributed by atoms with Gasteiger partial charge in [0.2, 0.25) is 5.91 Å². The van der Waals surface area contributed by atoms with E-state index in [-0.39, 0.29) is 11.9 Å².